The highest BCUT2D eigenvalue weighted by Crippen LogP contribution is 2.28. The monoisotopic (exact) mass is 481 g/mol. The number of anilines is 1. The van der Waals surface area contributed by atoms with E-state index in [1.807, 2.05) is 13.8 Å². The first-order chi connectivity index (χ1) is 16.5. The molecule has 3 aromatic carbocycles. The molecule has 0 bridgehead atoms. The molecule has 0 fully saturated rings. The summed E-state index contributed by atoms with van der Waals surface area (Å²) in [7, 11) is -3.96. The molecule has 3 aromatic rings. The molecule has 8 nitrogen and oxygen atoms in total. The van der Waals surface area contributed by atoms with Crippen LogP contribution in [-0.2, 0) is 14.8 Å². The summed E-state index contributed by atoms with van der Waals surface area (Å²) in [5.74, 6) is 0.606. The van der Waals surface area contributed by atoms with E-state index in [1.165, 1.54) is 18.3 Å². The number of amides is 1. The first kappa shape index (κ1) is 24.8. The van der Waals surface area contributed by atoms with Crippen LogP contribution in [0.4, 0.5) is 5.69 Å². The summed E-state index contributed by atoms with van der Waals surface area (Å²) < 4.78 is 38.6. The number of benzene rings is 3. The van der Waals surface area contributed by atoms with Crippen molar-refractivity contribution in [2.45, 2.75) is 18.7 Å². The van der Waals surface area contributed by atoms with Crippen LogP contribution in [0.1, 0.15) is 19.4 Å². The number of carbonyl (C=O) groups is 1. The van der Waals surface area contributed by atoms with E-state index >= 15 is 0 Å². The van der Waals surface area contributed by atoms with Crippen molar-refractivity contribution in [1.29, 1.82) is 0 Å². The van der Waals surface area contributed by atoms with Crippen molar-refractivity contribution in [2.24, 2.45) is 5.10 Å². The summed E-state index contributed by atoms with van der Waals surface area (Å²) in [5, 5.41) is 3.98. The SMILES string of the molecule is CCOc1ccc(/C=N\NC(=O)CN(c2ccccc2)S(=O)(=O)c2ccccc2)cc1OCC. The van der Waals surface area contributed by atoms with Crippen LogP contribution < -0.4 is 19.2 Å². The second-order valence-electron chi connectivity index (χ2n) is 7.03. The van der Waals surface area contributed by atoms with Crippen molar-refractivity contribution in [3.63, 3.8) is 0 Å². The van der Waals surface area contributed by atoms with E-state index in [2.05, 4.69) is 10.5 Å². The molecule has 0 saturated heterocycles. The molecular formula is C25H27N3O5S. The largest absolute Gasteiger partial charge is 0.490 e. The Morgan fingerprint density at radius 3 is 2.18 bits per heavy atom. The van der Waals surface area contributed by atoms with Crippen molar-refractivity contribution in [3.8, 4) is 11.5 Å². The molecule has 0 saturated carbocycles. The van der Waals surface area contributed by atoms with Crippen LogP contribution >= 0.6 is 0 Å². The lowest BCUT2D eigenvalue weighted by molar-refractivity contribution is -0.119. The summed E-state index contributed by atoms with van der Waals surface area (Å²) in [6.07, 6.45) is 1.45. The third-order valence-electron chi connectivity index (χ3n) is 4.63. The minimum absolute atomic E-state index is 0.0907. The Balaban J connectivity index is 1.75. The lowest BCUT2D eigenvalue weighted by atomic mass is 10.2. The van der Waals surface area contributed by atoms with Gasteiger partial charge in [-0.3, -0.25) is 9.10 Å². The van der Waals surface area contributed by atoms with Gasteiger partial charge in [0.25, 0.3) is 15.9 Å². The first-order valence-corrected chi connectivity index (χ1v) is 12.2. The van der Waals surface area contributed by atoms with Gasteiger partial charge in [-0.15, -0.1) is 0 Å². The molecule has 0 atom stereocenters. The number of hydrogen-bond donors (Lipinski definition) is 1. The van der Waals surface area contributed by atoms with E-state index in [0.29, 0.717) is 36.0 Å². The van der Waals surface area contributed by atoms with Crippen LogP contribution in [0.25, 0.3) is 0 Å². The molecule has 178 valence electrons. The molecule has 0 unspecified atom stereocenters. The van der Waals surface area contributed by atoms with Gasteiger partial charge in [0.15, 0.2) is 11.5 Å². The van der Waals surface area contributed by atoms with Gasteiger partial charge in [-0.1, -0.05) is 36.4 Å². The van der Waals surface area contributed by atoms with Gasteiger partial charge in [0.1, 0.15) is 6.54 Å². The molecule has 0 aliphatic heterocycles. The molecule has 0 aromatic heterocycles. The summed E-state index contributed by atoms with van der Waals surface area (Å²) in [4.78, 5) is 12.7. The standard InChI is InChI=1S/C25H27N3O5S/c1-3-32-23-16-15-20(17-24(23)33-4-2)18-26-27-25(29)19-28(21-11-7-5-8-12-21)34(30,31)22-13-9-6-10-14-22/h5-18H,3-4,19H2,1-2H3,(H,27,29)/b26-18-. The smallest absolute Gasteiger partial charge is 0.264 e. The van der Waals surface area contributed by atoms with Gasteiger partial charge in [0.2, 0.25) is 0 Å². The molecule has 0 heterocycles. The number of hydrazone groups is 1. The number of para-hydroxylation sites is 1. The fourth-order valence-electron chi connectivity index (χ4n) is 3.12. The molecule has 1 N–H and O–H groups in total. The fraction of sp³-hybridized carbons (Fsp3) is 0.200. The minimum atomic E-state index is -3.96. The van der Waals surface area contributed by atoms with Crippen LogP contribution in [0, 0.1) is 0 Å². The summed E-state index contributed by atoms with van der Waals surface area (Å²) in [5.41, 5.74) is 3.46. The third-order valence-corrected chi connectivity index (χ3v) is 6.42. The molecule has 0 aliphatic rings. The van der Waals surface area contributed by atoms with Crippen LogP contribution in [0.2, 0.25) is 0 Å². The molecule has 1 amide bonds. The number of carbonyl (C=O) groups excluding carboxylic acids is 1. The van der Waals surface area contributed by atoms with Crippen LogP contribution in [0.3, 0.4) is 0 Å². The number of nitrogens with one attached hydrogen (secondary N) is 1. The van der Waals surface area contributed by atoms with Gasteiger partial charge in [0.05, 0.1) is 30.0 Å². The Labute approximate surface area is 199 Å². The number of ether oxygens (including phenoxy) is 2. The quantitative estimate of drug-likeness (QED) is 0.332. The third kappa shape index (κ3) is 6.35. The zero-order valence-electron chi connectivity index (χ0n) is 19.0. The van der Waals surface area contributed by atoms with Crippen LogP contribution in [-0.4, -0.2) is 40.3 Å². The second kappa shape index (κ2) is 11.9. The Morgan fingerprint density at radius 1 is 0.912 bits per heavy atom. The maximum absolute atomic E-state index is 13.2. The average Bonchev–Trinajstić information content (AvgIpc) is 2.85. The number of sulfonamides is 1. The van der Waals surface area contributed by atoms with E-state index in [0.717, 1.165) is 4.31 Å². The Hall–Kier alpha value is -3.85. The highest BCUT2D eigenvalue weighted by atomic mass is 32.2. The number of hydrogen-bond acceptors (Lipinski definition) is 6. The number of rotatable bonds is 11. The normalized spacial score (nSPS) is 11.2. The molecule has 0 aliphatic carbocycles. The van der Waals surface area contributed by atoms with E-state index in [1.54, 1.807) is 66.7 Å². The summed E-state index contributed by atoms with van der Waals surface area (Å²) in [6.45, 7) is 4.30. The molecule has 9 heteroatoms. The van der Waals surface area contributed by atoms with Crippen molar-refractivity contribution in [2.75, 3.05) is 24.1 Å². The summed E-state index contributed by atoms with van der Waals surface area (Å²) >= 11 is 0. The predicted octanol–water partition coefficient (Wildman–Crippen LogP) is 3.83. The van der Waals surface area contributed by atoms with E-state index < -0.39 is 22.5 Å². The maximum Gasteiger partial charge on any atom is 0.264 e. The van der Waals surface area contributed by atoms with Crippen molar-refractivity contribution in [1.82, 2.24) is 5.43 Å². The molecule has 3 rings (SSSR count). The van der Waals surface area contributed by atoms with E-state index in [9.17, 15) is 13.2 Å². The molecular weight excluding hydrogens is 454 g/mol. The predicted molar refractivity (Wildman–Crippen MR) is 132 cm³/mol. The Kier molecular flexibility index (Phi) is 8.64. The fourth-order valence-corrected chi connectivity index (χ4v) is 4.56. The highest BCUT2D eigenvalue weighted by molar-refractivity contribution is 7.92. The van der Waals surface area contributed by atoms with Gasteiger partial charge in [-0.2, -0.15) is 5.10 Å². The second-order valence-corrected chi connectivity index (χ2v) is 8.89. The van der Waals surface area contributed by atoms with Crippen molar-refractivity contribution < 1.29 is 22.7 Å². The molecule has 0 spiro atoms. The van der Waals surface area contributed by atoms with Gasteiger partial charge in [-0.25, -0.2) is 13.8 Å². The van der Waals surface area contributed by atoms with E-state index in [-0.39, 0.29) is 4.90 Å². The number of nitrogens with zero attached hydrogens (tertiary/aromatic N) is 2. The highest BCUT2D eigenvalue weighted by Gasteiger charge is 2.26. The first-order valence-electron chi connectivity index (χ1n) is 10.8. The van der Waals surface area contributed by atoms with Gasteiger partial charge in [0, 0.05) is 0 Å². The Bertz CT molecular complexity index is 1220. The van der Waals surface area contributed by atoms with Crippen LogP contribution in [0.15, 0.2) is 88.9 Å². The lowest BCUT2D eigenvalue weighted by Crippen LogP contribution is -2.39. The maximum atomic E-state index is 13.2. The van der Waals surface area contributed by atoms with E-state index in [4.69, 9.17) is 9.47 Å². The van der Waals surface area contributed by atoms with Crippen molar-refractivity contribution in [3.05, 3.63) is 84.4 Å². The minimum Gasteiger partial charge on any atom is -0.490 e. The van der Waals surface area contributed by atoms with Crippen molar-refractivity contribution >= 4 is 27.8 Å². The average molecular weight is 482 g/mol. The zero-order valence-corrected chi connectivity index (χ0v) is 19.9. The van der Waals surface area contributed by atoms with Crippen LogP contribution in [0.5, 0.6) is 11.5 Å². The zero-order chi connectivity index (χ0) is 24.4. The summed E-state index contributed by atoms with van der Waals surface area (Å²) in [6, 6.07) is 21.7. The Morgan fingerprint density at radius 2 is 1.53 bits per heavy atom. The van der Waals surface area contributed by atoms with Gasteiger partial charge < -0.3 is 9.47 Å². The molecule has 34 heavy (non-hydrogen) atoms. The topological polar surface area (TPSA) is 97.3 Å². The lowest BCUT2D eigenvalue weighted by Gasteiger charge is -2.23. The van der Waals surface area contributed by atoms with Gasteiger partial charge >= 0.3 is 0 Å². The van der Waals surface area contributed by atoms with Gasteiger partial charge in [-0.05, 0) is 61.9 Å². The molecule has 0 radical (unpaired) electrons.